The van der Waals surface area contributed by atoms with E-state index in [-0.39, 0.29) is 5.56 Å². The SMILES string of the molecule is CCC1CCN(c2nc(-c3ccc(C#N)cc3)c(-c3ccc(C)cc3)n(C)c2=O)CC1. The fourth-order valence-electron chi connectivity index (χ4n) is 4.32. The first-order valence-electron chi connectivity index (χ1n) is 11.0. The summed E-state index contributed by atoms with van der Waals surface area (Å²) in [5.41, 5.74) is 5.11. The molecule has 1 aromatic heterocycles. The van der Waals surface area contributed by atoms with Crippen LogP contribution in [0.15, 0.2) is 53.3 Å². The van der Waals surface area contributed by atoms with Crippen molar-refractivity contribution in [2.24, 2.45) is 13.0 Å². The Balaban J connectivity index is 1.88. The second-order valence-corrected chi connectivity index (χ2v) is 8.39. The average Bonchev–Trinajstić information content (AvgIpc) is 2.81. The van der Waals surface area contributed by atoms with Crippen LogP contribution in [0.4, 0.5) is 5.82 Å². The Morgan fingerprint density at radius 3 is 2.23 bits per heavy atom. The number of nitriles is 1. The number of nitrogens with zero attached hydrogens (tertiary/aromatic N) is 4. The minimum atomic E-state index is -0.0667. The highest BCUT2D eigenvalue weighted by atomic mass is 16.1. The first kappa shape index (κ1) is 20.9. The zero-order valence-electron chi connectivity index (χ0n) is 18.4. The van der Waals surface area contributed by atoms with Gasteiger partial charge in [0, 0.05) is 31.3 Å². The molecule has 0 spiro atoms. The summed E-state index contributed by atoms with van der Waals surface area (Å²) in [6, 6.07) is 17.8. The van der Waals surface area contributed by atoms with Crippen molar-refractivity contribution in [2.75, 3.05) is 18.0 Å². The van der Waals surface area contributed by atoms with Crippen LogP contribution in [0.5, 0.6) is 0 Å². The first-order valence-corrected chi connectivity index (χ1v) is 11.0. The summed E-state index contributed by atoms with van der Waals surface area (Å²) in [5.74, 6) is 1.25. The van der Waals surface area contributed by atoms with Gasteiger partial charge < -0.3 is 9.47 Å². The van der Waals surface area contributed by atoms with Crippen LogP contribution in [0, 0.1) is 24.2 Å². The molecule has 0 bridgehead atoms. The molecule has 5 heteroatoms. The van der Waals surface area contributed by atoms with Crippen molar-refractivity contribution in [1.82, 2.24) is 9.55 Å². The van der Waals surface area contributed by atoms with E-state index >= 15 is 0 Å². The molecule has 1 saturated heterocycles. The Bertz CT molecular complexity index is 1160. The van der Waals surface area contributed by atoms with Crippen LogP contribution >= 0.6 is 0 Å². The van der Waals surface area contributed by atoms with Crippen LogP contribution in [0.2, 0.25) is 0 Å². The molecule has 2 heterocycles. The average molecular weight is 413 g/mol. The van der Waals surface area contributed by atoms with Crippen LogP contribution in [0.3, 0.4) is 0 Å². The highest BCUT2D eigenvalue weighted by Crippen LogP contribution is 2.32. The van der Waals surface area contributed by atoms with Gasteiger partial charge in [0.15, 0.2) is 5.82 Å². The standard InChI is InChI=1S/C26H28N4O/c1-4-19-13-15-30(16-14-19)25-26(31)29(3)24(22-9-5-18(2)6-10-22)23(28-25)21-11-7-20(17-27)8-12-21/h5-12,19H,4,13-16H2,1-3H3. The maximum atomic E-state index is 13.4. The Kier molecular flexibility index (Phi) is 5.90. The van der Waals surface area contributed by atoms with E-state index in [1.54, 1.807) is 16.7 Å². The predicted octanol–water partition coefficient (Wildman–Crippen LogP) is 4.92. The third kappa shape index (κ3) is 4.11. The number of hydrogen-bond donors (Lipinski definition) is 0. The number of aromatic nitrogens is 2. The molecule has 0 amide bonds. The molecule has 2 aromatic carbocycles. The van der Waals surface area contributed by atoms with E-state index in [0.717, 1.165) is 59.9 Å². The number of anilines is 1. The van der Waals surface area contributed by atoms with E-state index in [1.807, 2.05) is 50.4 Å². The molecular weight excluding hydrogens is 384 g/mol. The Morgan fingerprint density at radius 1 is 1.03 bits per heavy atom. The molecule has 0 radical (unpaired) electrons. The van der Waals surface area contributed by atoms with Gasteiger partial charge in [0.05, 0.1) is 23.0 Å². The number of hydrogen-bond acceptors (Lipinski definition) is 4. The number of benzene rings is 2. The molecule has 4 rings (SSSR count). The van der Waals surface area contributed by atoms with Crippen molar-refractivity contribution in [3.8, 4) is 28.6 Å². The van der Waals surface area contributed by atoms with Gasteiger partial charge in [-0.05, 0) is 37.8 Å². The summed E-state index contributed by atoms with van der Waals surface area (Å²) in [5, 5.41) is 9.18. The molecular formula is C26H28N4O. The second-order valence-electron chi connectivity index (χ2n) is 8.39. The van der Waals surface area contributed by atoms with Gasteiger partial charge >= 0.3 is 0 Å². The molecule has 3 aromatic rings. The maximum Gasteiger partial charge on any atom is 0.293 e. The van der Waals surface area contributed by atoms with E-state index in [9.17, 15) is 10.1 Å². The maximum absolute atomic E-state index is 13.4. The number of rotatable bonds is 4. The van der Waals surface area contributed by atoms with Gasteiger partial charge in [0.25, 0.3) is 5.56 Å². The van der Waals surface area contributed by atoms with E-state index in [4.69, 9.17) is 4.98 Å². The molecule has 31 heavy (non-hydrogen) atoms. The van der Waals surface area contributed by atoms with Crippen LogP contribution < -0.4 is 10.5 Å². The third-order valence-electron chi connectivity index (χ3n) is 6.38. The lowest BCUT2D eigenvalue weighted by atomic mass is 9.94. The number of piperidine rings is 1. The molecule has 1 fully saturated rings. The highest BCUT2D eigenvalue weighted by Gasteiger charge is 2.24. The van der Waals surface area contributed by atoms with E-state index in [2.05, 4.69) is 17.9 Å². The molecule has 0 aliphatic carbocycles. The van der Waals surface area contributed by atoms with Crippen LogP contribution in [-0.4, -0.2) is 22.6 Å². The van der Waals surface area contributed by atoms with E-state index in [1.165, 1.54) is 6.42 Å². The lowest BCUT2D eigenvalue weighted by molar-refractivity contribution is 0.393. The van der Waals surface area contributed by atoms with Gasteiger partial charge in [-0.15, -0.1) is 0 Å². The largest absolute Gasteiger partial charge is 0.352 e. The summed E-state index contributed by atoms with van der Waals surface area (Å²) >= 11 is 0. The molecule has 0 unspecified atom stereocenters. The zero-order valence-corrected chi connectivity index (χ0v) is 18.4. The number of aryl methyl sites for hydroxylation is 1. The molecule has 5 nitrogen and oxygen atoms in total. The van der Waals surface area contributed by atoms with Crippen LogP contribution in [0.25, 0.3) is 22.5 Å². The van der Waals surface area contributed by atoms with E-state index < -0.39 is 0 Å². The van der Waals surface area contributed by atoms with Crippen molar-refractivity contribution < 1.29 is 0 Å². The summed E-state index contributed by atoms with van der Waals surface area (Å²) in [6.07, 6.45) is 3.36. The molecule has 1 aliphatic rings. The zero-order chi connectivity index (χ0) is 22.0. The lowest BCUT2D eigenvalue weighted by Crippen LogP contribution is -2.39. The van der Waals surface area contributed by atoms with Crippen molar-refractivity contribution in [1.29, 1.82) is 5.26 Å². The van der Waals surface area contributed by atoms with Gasteiger partial charge in [-0.3, -0.25) is 4.79 Å². The molecule has 0 saturated carbocycles. The second kappa shape index (κ2) is 8.77. The normalized spacial score (nSPS) is 14.5. The lowest BCUT2D eigenvalue weighted by Gasteiger charge is -2.32. The summed E-state index contributed by atoms with van der Waals surface area (Å²) in [4.78, 5) is 20.5. The Hall–Kier alpha value is -3.39. The first-order chi connectivity index (χ1) is 15.0. The predicted molar refractivity (Wildman–Crippen MR) is 125 cm³/mol. The Morgan fingerprint density at radius 2 is 1.65 bits per heavy atom. The van der Waals surface area contributed by atoms with Crippen LogP contribution in [-0.2, 0) is 7.05 Å². The topological polar surface area (TPSA) is 61.9 Å². The third-order valence-corrected chi connectivity index (χ3v) is 6.38. The molecule has 0 N–H and O–H groups in total. The van der Waals surface area contributed by atoms with Crippen molar-refractivity contribution in [2.45, 2.75) is 33.1 Å². The summed E-state index contributed by atoms with van der Waals surface area (Å²) in [7, 11) is 1.83. The quantitative estimate of drug-likeness (QED) is 0.610. The van der Waals surface area contributed by atoms with Crippen LogP contribution in [0.1, 0.15) is 37.3 Å². The molecule has 158 valence electrons. The van der Waals surface area contributed by atoms with Crippen molar-refractivity contribution >= 4 is 5.82 Å². The fourth-order valence-corrected chi connectivity index (χ4v) is 4.32. The minimum Gasteiger partial charge on any atom is -0.352 e. The smallest absolute Gasteiger partial charge is 0.293 e. The fraction of sp³-hybridized carbons (Fsp3) is 0.346. The summed E-state index contributed by atoms with van der Waals surface area (Å²) in [6.45, 7) is 6.00. The van der Waals surface area contributed by atoms with Gasteiger partial charge in [-0.2, -0.15) is 5.26 Å². The van der Waals surface area contributed by atoms with Gasteiger partial charge in [-0.1, -0.05) is 55.3 Å². The van der Waals surface area contributed by atoms with Gasteiger partial charge in [0.1, 0.15) is 0 Å². The monoisotopic (exact) mass is 412 g/mol. The van der Waals surface area contributed by atoms with Crippen molar-refractivity contribution in [3.63, 3.8) is 0 Å². The summed E-state index contributed by atoms with van der Waals surface area (Å²) < 4.78 is 1.73. The molecule has 0 atom stereocenters. The Labute approximate surface area is 183 Å². The van der Waals surface area contributed by atoms with Gasteiger partial charge in [-0.25, -0.2) is 4.98 Å². The van der Waals surface area contributed by atoms with Crippen molar-refractivity contribution in [3.05, 3.63) is 70.0 Å². The van der Waals surface area contributed by atoms with Gasteiger partial charge in [0.2, 0.25) is 0 Å². The highest BCUT2D eigenvalue weighted by molar-refractivity contribution is 5.79. The minimum absolute atomic E-state index is 0.0667. The molecule has 1 aliphatic heterocycles. The van der Waals surface area contributed by atoms with E-state index in [0.29, 0.717) is 11.4 Å².